The Kier molecular flexibility index (Phi) is 3.43. The van der Waals surface area contributed by atoms with E-state index in [0.717, 1.165) is 5.69 Å². The predicted molar refractivity (Wildman–Crippen MR) is 68.0 cm³/mol. The van der Waals surface area contributed by atoms with Crippen molar-refractivity contribution >= 4 is 33.5 Å². The smallest absolute Gasteiger partial charge is 0.326 e. The van der Waals surface area contributed by atoms with E-state index in [1.54, 1.807) is 24.4 Å². The van der Waals surface area contributed by atoms with Crippen LogP contribution in [0.4, 0.5) is 16.4 Å². The van der Waals surface area contributed by atoms with Gasteiger partial charge < -0.3 is 9.73 Å². The first-order valence-electron chi connectivity index (χ1n) is 4.89. The molecule has 0 saturated heterocycles. The van der Waals surface area contributed by atoms with Gasteiger partial charge in [-0.2, -0.15) is 0 Å². The van der Waals surface area contributed by atoms with Gasteiger partial charge in [-0.3, -0.25) is 10.3 Å². The number of halogens is 1. The van der Waals surface area contributed by atoms with E-state index in [9.17, 15) is 4.79 Å². The third kappa shape index (κ3) is 3.32. The second kappa shape index (κ2) is 5.01. The summed E-state index contributed by atoms with van der Waals surface area (Å²) in [6, 6.07) is 6.57. The zero-order chi connectivity index (χ0) is 12.3. The Hall–Kier alpha value is -1.82. The Morgan fingerprint density at radius 3 is 2.71 bits per heavy atom. The first-order chi connectivity index (χ1) is 8.13. The van der Waals surface area contributed by atoms with Crippen LogP contribution in [0.5, 0.6) is 0 Å². The van der Waals surface area contributed by atoms with E-state index in [0.29, 0.717) is 16.2 Å². The molecule has 2 aromatic heterocycles. The standard InChI is InChI=1S/C11H10BrN3O2/c1-7-2-3-8(6-13-7)14-11(16)15-10-5-4-9(12)17-10/h2-6H,1H3,(H2,14,15,16). The molecule has 0 fully saturated rings. The molecule has 2 heterocycles. The number of furan rings is 1. The van der Waals surface area contributed by atoms with Crippen molar-refractivity contribution in [2.75, 3.05) is 10.6 Å². The summed E-state index contributed by atoms with van der Waals surface area (Å²) in [6.45, 7) is 1.88. The number of aromatic nitrogens is 1. The van der Waals surface area contributed by atoms with Gasteiger partial charge in [0, 0.05) is 11.8 Å². The van der Waals surface area contributed by atoms with Gasteiger partial charge in [0.15, 0.2) is 4.67 Å². The molecule has 0 saturated carbocycles. The molecule has 0 spiro atoms. The number of anilines is 2. The molecular formula is C11H10BrN3O2. The molecule has 0 bridgehead atoms. The maximum Gasteiger partial charge on any atom is 0.326 e. The number of nitrogens with one attached hydrogen (secondary N) is 2. The van der Waals surface area contributed by atoms with Crippen LogP contribution < -0.4 is 10.6 Å². The molecule has 2 amide bonds. The second-order valence-electron chi connectivity index (χ2n) is 3.37. The number of rotatable bonds is 2. The van der Waals surface area contributed by atoms with Gasteiger partial charge in [-0.25, -0.2) is 4.79 Å². The van der Waals surface area contributed by atoms with Crippen LogP contribution in [0.15, 0.2) is 39.5 Å². The second-order valence-corrected chi connectivity index (χ2v) is 4.15. The summed E-state index contributed by atoms with van der Waals surface area (Å²) in [5, 5.41) is 5.19. The number of urea groups is 1. The van der Waals surface area contributed by atoms with Gasteiger partial charge >= 0.3 is 6.03 Å². The SMILES string of the molecule is Cc1ccc(NC(=O)Nc2ccc(Br)o2)cn1. The van der Waals surface area contributed by atoms with Gasteiger partial charge in [-0.1, -0.05) is 0 Å². The molecule has 17 heavy (non-hydrogen) atoms. The topological polar surface area (TPSA) is 67.2 Å². The lowest BCUT2D eigenvalue weighted by Crippen LogP contribution is -2.19. The van der Waals surface area contributed by atoms with E-state index in [4.69, 9.17) is 4.42 Å². The van der Waals surface area contributed by atoms with Crippen molar-refractivity contribution in [3.8, 4) is 0 Å². The van der Waals surface area contributed by atoms with Crippen molar-refractivity contribution in [3.63, 3.8) is 0 Å². The van der Waals surface area contributed by atoms with E-state index in [1.165, 1.54) is 0 Å². The number of aryl methyl sites for hydroxylation is 1. The summed E-state index contributed by atoms with van der Waals surface area (Å²) < 4.78 is 5.70. The lowest BCUT2D eigenvalue weighted by molar-refractivity contribution is 0.261. The van der Waals surface area contributed by atoms with Crippen LogP contribution >= 0.6 is 15.9 Å². The molecule has 0 aliphatic carbocycles. The first kappa shape index (κ1) is 11.7. The molecule has 0 aliphatic rings. The number of amides is 2. The van der Waals surface area contributed by atoms with Crippen molar-refractivity contribution in [1.29, 1.82) is 0 Å². The van der Waals surface area contributed by atoms with Crippen LogP contribution in [0, 0.1) is 6.92 Å². The summed E-state index contributed by atoms with van der Waals surface area (Å²) in [6.07, 6.45) is 1.59. The van der Waals surface area contributed by atoms with E-state index < -0.39 is 0 Å². The highest BCUT2D eigenvalue weighted by Gasteiger charge is 2.05. The van der Waals surface area contributed by atoms with Crippen LogP contribution in [-0.2, 0) is 0 Å². The molecule has 5 nitrogen and oxygen atoms in total. The normalized spacial score (nSPS) is 10.0. The Balaban J connectivity index is 1.95. The lowest BCUT2D eigenvalue weighted by Gasteiger charge is -2.04. The van der Waals surface area contributed by atoms with E-state index in [2.05, 4.69) is 31.5 Å². The van der Waals surface area contributed by atoms with Crippen LogP contribution in [-0.4, -0.2) is 11.0 Å². The summed E-state index contributed by atoms with van der Waals surface area (Å²) in [5.74, 6) is 0.370. The van der Waals surface area contributed by atoms with Crippen LogP contribution in [0.25, 0.3) is 0 Å². The molecule has 0 radical (unpaired) electrons. The number of nitrogens with zero attached hydrogens (tertiary/aromatic N) is 1. The average Bonchev–Trinajstić information content (AvgIpc) is 2.67. The zero-order valence-electron chi connectivity index (χ0n) is 9.03. The third-order valence-corrected chi connectivity index (χ3v) is 2.41. The fourth-order valence-corrected chi connectivity index (χ4v) is 1.50. The van der Waals surface area contributed by atoms with E-state index >= 15 is 0 Å². The summed E-state index contributed by atoms with van der Waals surface area (Å²) in [7, 11) is 0. The van der Waals surface area contributed by atoms with Gasteiger partial charge in [-0.15, -0.1) is 0 Å². The number of pyridine rings is 1. The molecule has 2 aromatic rings. The maximum atomic E-state index is 11.6. The van der Waals surface area contributed by atoms with Crippen molar-refractivity contribution < 1.29 is 9.21 Å². The molecule has 2 rings (SSSR count). The minimum atomic E-state index is -0.377. The number of hydrogen-bond acceptors (Lipinski definition) is 3. The summed E-state index contributed by atoms with van der Waals surface area (Å²) >= 11 is 3.15. The third-order valence-electron chi connectivity index (χ3n) is 1.98. The van der Waals surface area contributed by atoms with Crippen molar-refractivity contribution in [3.05, 3.63) is 40.8 Å². The van der Waals surface area contributed by atoms with Crippen LogP contribution in [0.2, 0.25) is 0 Å². The number of carbonyl (C=O) groups excluding carboxylic acids is 1. The Morgan fingerprint density at radius 1 is 1.29 bits per heavy atom. The first-order valence-corrected chi connectivity index (χ1v) is 5.69. The quantitative estimate of drug-likeness (QED) is 0.892. The molecular weight excluding hydrogens is 286 g/mol. The summed E-state index contributed by atoms with van der Waals surface area (Å²) in [5.41, 5.74) is 1.52. The lowest BCUT2D eigenvalue weighted by atomic mass is 10.3. The van der Waals surface area contributed by atoms with E-state index in [-0.39, 0.29) is 6.03 Å². The zero-order valence-corrected chi connectivity index (χ0v) is 10.6. The van der Waals surface area contributed by atoms with Gasteiger partial charge in [0.2, 0.25) is 5.88 Å². The molecule has 6 heteroatoms. The Bertz CT molecular complexity index is 522. The van der Waals surface area contributed by atoms with Crippen molar-refractivity contribution in [2.45, 2.75) is 6.92 Å². The summed E-state index contributed by atoms with van der Waals surface area (Å²) in [4.78, 5) is 15.6. The Morgan fingerprint density at radius 2 is 2.12 bits per heavy atom. The van der Waals surface area contributed by atoms with Crippen LogP contribution in [0.1, 0.15) is 5.69 Å². The fraction of sp³-hybridized carbons (Fsp3) is 0.0909. The predicted octanol–water partition coefficient (Wildman–Crippen LogP) is 3.39. The van der Waals surface area contributed by atoms with Gasteiger partial charge in [-0.05, 0) is 41.1 Å². The largest absolute Gasteiger partial charge is 0.434 e. The Labute approximate surface area is 106 Å². The van der Waals surface area contributed by atoms with Crippen molar-refractivity contribution in [2.24, 2.45) is 0 Å². The minimum absolute atomic E-state index is 0.370. The number of carbonyl (C=O) groups is 1. The molecule has 88 valence electrons. The van der Waals surface area contributed by atoms with Crippen LogP contribution in [0.3, 0.4) is 0 Å². The van der Waals surface area contributed by atoms with Crippen molar-refractivity contribution in [1.82, 2.24) is 4.98 Å². The molecule has 0 unspecified atom stereocenters. The average molecular weight is 296 g/mol. The van der Waals surface area contributed by atoms with E-state index in [1.807, 2.05) is 13.0 Å². The highest BCUT2D eigenvalue weighted by atomic mass is 79.9. The highest BCUT2D eigenvalue weighted by molar-refractivity contribution is 9.10. The fourth-order valence-electron chi connectivity index (χ4n) is 1.20. The highest BCUT2D eigenvalue weighted by Crippen LogP contribution is 2.18. The molecule has 0 atom stereocenters. The monoisotopic (exact) mass is 295 g/mol. The maximum absolute atomic E-state index is 11.6. The molecule has 0 aromatic carbocycles. The van der Waals surface area contributed by atoms with Gasteiger partial charge in [0.1, 0.15) is 0 Å². The molecule has 2 N–H and O–H groups in total. The number of hydrogen-bond donors (Lipinski definition) is 2. The minimum Gasteiger partial charge on any atom is -0.434 e. The van der Waals surface area contributed by atoms with Gasteiger partial charge in [0.05, 0.1) is 11.9 Å². The molecule has 0 aliphatic heterocycles. The van der Waals surface area contributed by atoms with Gasteiger partial charge in [0.25, 0.3) is 0 Å².